The van der Waals surface area contributed by atoms with Gasteiger partial charge in [0.25, 0.3) is 0 Å². The van der Waals surface area contributed by atoms with Gasteiger partial charge in [0, 0.05) is 31.8 Å². The van der Waals surface area contributed by atoms with Gasteiger partial charge in [-0.1, -0.05) is 20.8 Å². The van der Waals surface area contributed by atoms with Gasteiger partial charge < -0.3 is 10.5 Å². The number of hydrogen-bond donors (Lipinski definition) is 1. The zero-order valence-corrected chi connectivity index (χ0v) is 12.5. The van der Waals surface area contributed by atoms with Crippen molar-refractivity contribution in [3.8, 4) is 0 Å². The quantitative estimate of drug-likeness (QED) is 0.790. The molecule has 2 aliphatic rings. The van der Waals surface area contributed by atoms with Crippen molar-refractivity contribution in [2.75, 3.05) is 26.8 Å². The van der Waals surface area contributed by atoms with Crippen LogP contribution in [0.4, 0.5) is 0 Å². The fourth-order valence-corrected chi connectivity index (χ4v) is 4.21. The number of nitrogens with two attached hydrogens (primary N) is 1. The lowest BCUT2D eigenvalue weighted by Crippen LogP contribution is -2.57. The van der Waals surface area contributed by atoms with Crippen LogP contribution in [0.15, 0.2) is 0 Å². The van der Waals surface area contributed by atoms with Crippen molar-refractivity contribution in [3.63, 3.8) is 0 Å². The number of ether oxygens (including phenoxy) is 1. The molecule has 2 fully saturated rings. The highest BCUT2D eigenvalue weighted by molar-refractivity contribution is 5.09. The lowest BCUT2D eigenvalue weighted by Gasteiger charge is -2.45. The third kappa shape index (κ3) is 2.59. The summed E-state index contributed by atoms with van der Waals surface area (Å²) >= 11 is 0. The largest absolute Gasteiger partial charge is 0.383 e. The van der Waals surface area contributed by atoms with Crippen molar-refractivity contribution in [2.45, 2.75) is 58.0 Å². The maximum atomic E-state index is 6.24. The SMILES string of the molecule is COCCN(C1CC1)C1(CN)CC(C)(C)CC1C. The average Bonchev–Trinajstić information content (AvgIpc) is 3.07. The Bertz CT molecular complexity index is 288. The zero-order chi connectivity index (χ0) is 13.4. The van der Waals surface area contributed by atoms with Crippen LogP contribution in [0.3, 0.4) is 0 Å². The van der Waals surface area contributed by atoms with Crippen LogP contribution in [0.25, 0.3) is 0 Å². The van der Waals surface area contributed by atoms with E-state index < -0.39 is 0 Å². The van der Waals surface area contributed by atoms with Crippen molar-refractivity contribution in [3.05, 3.63) is 0 Å². The highest BCUT2D eigenvalue weighted by Gasteiger charge is 2.53. The Morgan fingerprint density at radius 2 is 2.00 bits per heavy atom. The van der Waals surface area contributed by atoms with E-state index >= 15 is 0 Å². The Morgan fingerprint density at radius 3 is 2.39 bits per heavy atom. The Kier molecular flexibility index (Phi) is 4.05. The van der Waals surface area contributed by atoms with Crippen molar-refractivity contribution in [1.29, 1.82) is 0 Å². The first-order valence-corrected chi connectivity index (χ1v) is 7.41. The minimum Gasteiger partial charge on any atom is -0.383 e. The molecule has 2 saturated carbocycles. The average molecular weight is 254 g/mol. The Balaban J connectivity index is 2.18. The Morgan fingerprint density at radius 1 is 1.33 bits per heavy atom. The van der Waals surface area contributed by atoms with Gasteiger partial charge in [-0.25, -0.2) is 0 Å². The van der Waals surface area contributed by atoms with Gasteiger partial charge in [0.15, 0.2) is 0 Å². The molecule has 0 heterocycles. The predicted octanol–water partition coefficient (Wildman–Crippen LogP) is 2.25. The summed E-state index contributed by atoms with van der Waals surface area (Å²) < 4.78 is 5.30. The first-order valence-electron chi connectivity index (χ1n) is 7.41. The number of hydrogen-bond acceptors (Lipinski definition) is 3. The molecule has 0 bridgehead atoms. The Labute approximate surface area is 112 Å². The van der Waals surface area contributed by atoms with Crippen LogP contribution < -0.4 is 5.73 Å². The van der Waals surface area contributed by atoms with E-state index in [1.54, 1.807) is 7.11 Å². The van der Waals surface area contributed by atoms with Gasteiger partial charge in [-0.3, -0.25) is 4.90 Å². The molecule has 0 aliphatic heterocycles. The molecule has 3 heteroatoms. The minimum atomic E-state index is 0.212. The molecule has 2 rings (SSSR count). The van der Waals surface area contributed by atoms with Crippen molar-refractivity contribution in [1.82, 2.24) is 4.90 Å². The van der Waals surface area contributed by atoms with E-state index in [9.17, 15) is 0 Å². The van der Waals surface area contributed by atoms with Crippen molar-refractivity contribution >= 4 is 0 Å². The molecule has 0 amide bonds. The predicted molar refractivity (Wildman–Crippen MR) is 75.6 cm³/mol. The summed E-state index contributed by atoms with van der Waals surface area (Å²) in [5, 5.41) is 0. The first kappa shape index (κ1) is 14.3. The Hall–Kier alpha value is -0.120. The van der Waals surface area contributed by atoms with Gasteiger partial charge in [-0.15, -0.1) is 0 Å². The van der Waals surface area contributed by atoms with Gasteiger partial charge in [-0.2, -0.15) is 0 Å². The van der Waals surface area contributed by atoms with E-state index in [2.05, 4.69) is 25.7 Å². The minimum absolute atomic E-state index is 0.212. The molecule has 0 radical (unpaired) electrons. The van der Waals surface area contributed by atoms with Gasteiger partial charge in [0.2, 0.25) is 0 Å². The molecule has 0 saturated heterocycles. The molecule has 0 spiro atoms. The molecule has 0 aromatic rings. The van der Waals surface area contributed by atoms with E-state index in [-0.39, 0.29) is 5.54 Å². The monoisotopic (exact) mass is 254 g/mol. The molecule has 2 aliphatic carbocycles. The maximum Gasteiger partial charge on any atom is 0.0590 e. The summed E-state index contributed by atoms with van der Waals surface area (Å²) in [6.07, 6.45) is 5.22. The summed E-state index contributed by atoms with van der Waals surface area (Å²) in [4.78, 5) is 2.69. The van der Waals surface area contributed by atoms with Crippen LogP contribution in [0, 0.1) is 11.3 Å². The van der Waals surface area contributed by atoms with E-state index in [0.717, 1.165) is 25.7 Å². The third-order valence-electron chi connectivity index (χ3n) is 5.01. The molecule has 3 nitrogen and oxygen atoms in total. The second kappa shape index (κ2) is 5.10. The van der Waals surface area contributed by atoms with Gasteiger partial charge in [0.1, 0.15) is 0 Å². The smallest absolute Gasteiger partial charge is 0.0590 e. The molecular weight excluding hydrogens is 224 g/mol. The zero-order valence-electron chi connectivity index (χ0n) is 12.5. The molecule has 2 atom stereocenters. The molecule has 2 unspecified atom stereocenters. The van der Waals surface area contributed by atoms with Crippen LogP contribution in [0.5, 0.6) is 0 Å². The molecule has 0 aromatic carbocycles. The highest BCUT2D eigenvalue weighted by Crippen LogP contribution is 2.52. The second-order valence-electron chi connectivity index (χ2n) is 7.17. The van der Waals surface area contributed by atoms with Gasteiger partial charge >= 0.3 is 0 Å². The van der Waals surface area contributed by atoms with E-state index in [0.29, 0.717) is 11.3 Å². The number of nitrogens with zero attached hydrogens (tertiary/aromatic N) is 1. The van der Waals surface area contributed by atoms with E-state index in [4.69, 9.17) is 10.5 Å². The normalized spacial score (nSPS) is 35.3. The number of methoxy groups -OCH3 is 1. The van der Waals surface area contributed by atoms with Crippen LogP contribution >= 0.6 is 0 Å². The molecule has 106 valence electrons. The van der Waals surface area contributed by atoms with Crippen molar-refractivity contribution in [2.24, 2.45) is 17.1 Å². The second-order valence-corrected chi connectivity index (χ2v) is 7.17. The fraction of sp³-hybridized carbons (Fsp3) is 1.00. The number of rotatable bonds is 6. The van der Waals surface area contributed by atoms with Gasteiger partial charge in [-0.05, 0) is 37.0 Å². The van der Waals surface area contributed by atoms with Crippen LogP contribution in [0.2, 0.25) is 0 Å². The summed E-state index contributed by atoms with van der Waals surface area (Å²) in [6, 6.07) is 0.764. The molecular formula is C15H30N2O. The van der Waals surface area contributed by atoms with Crippen LogP contribution in [-0.4, -0.2) is 43.3 Å². The summed E-state index contributed by atoms with van der Waals surface area (Å²) in [6.45, 7) is 9.83. The van der Waals surface area contributed by atoms with Crippen LogP contribution in [0.1, 0.15) is 46.5 Å². The lowest BCUT2D eigenvalue weighted by atomic mass is 9.84. The van der Waals surface area contributed by atoms with Gasteiger partial charge in [0.05, 0.1) is 6.61 Å². The summed E-state index contributed by atoms with van der Waals surface area (Å²) in [5.41, 5.74) is 6.88. The summed E-state index contributed by atoms with van der Waals surface area (Å²) in [7, 11) is 1.79. The van der Waals surface area contributed by atoms with E-state index in [1.807, 2.05) is 0 Å². The fourth-order valence-electron chi connectivity index (χ4n) is 4.21. The molecule has 0 aromatic heterocycles. The highest BCUT2D eigenvalue weighted by atomic mass is 16.5. The standard InChI is InChI=1S/C15H30N2O/c1-12-9-14(2,3)10-15(12,11-16)17(7-8-18-4)13-5-6-13/h12-13H,5-11,16H2,1-4H3. The van der Waals surface area contributed by atoms with E-state index in [1.165, 1.54) is 25.7 Å². The van der Waals surface area contributed by atoms with Crippen LogP contribution in [-0.2, 0) is 4.74 Å². The lowest BCUT2D eigenvalue weighted by molar-refractivity contribution is 0.0271. The topological polar surface area (TPSA) is 38.5 Å². The first-order chi connectivity index (χ1) is 8.45. The molecule has 2 N–H and O–H groups in total. The van der Waals surface area contributed by atoms with Crippen molar-refractivity contribution < 1.29 is 4.74 Å². The maximum absolute atomic E-state index is 6.24. The molecule has 18 heavy (non-hydrogen) atoms. The summed E-state index contributed by atoms with van der Waals surface area (Å²) in [5.74, 6) is 0.690. The third-order valence-corrected chi connectivity index (χ3v) is 5.01.